The van der Waals surface area contributed by atoms with Crippen LogP contribution in [0, 0.1) is 0 Å². The average Bonchev–Trinajstić information content (AvgIpc) is 2.29. The average molecular weight is 250 g/mol. The highest BCUT2D eigenvalue weighted by Gasteiger charge is 2.14. The van der Waals surface area contributed by atoms with Crippen LogP contribution >= 0.6 is 11.6 Å². The van der Waals surface area contributed by atoms with Crippen molar-refractivity contribution in [2.45, 2.75) is 32.2 Å². The van der Waals surface area contributed by atoms with E-state index >= 15 is 0 Å². The fourth-order valence-corrected chi connectivity index (χ4v) is 2.20. The molecule has 1 amide bonds. The summed E-state index contributed by atoms with van der Waals surface area (Å²) < 4.78 is 0. The normalized spacial score (nSPS) is 19.6. The van der Waals surface area contributed by atoms with E-state index in [2.05, 4.69) is 18.3 Å². The first-order chi connectivity index (χ1) is 8.15. The number of halogens is 1. The first-order valence-electron chi connectivity index (χ1n) is 5.89. The molecular weight excluding hydrogens is 234 g/mol. The van der Waals surface area contributed by atoms with Crippen molar-refractivity contribution >= 4 is 17.5 Å². The monoisotopic (exact) mass is 249 g/mol. The van der Waals surface area contributed by atoms with Crippen LogP contribution in [0.2, 0.25) is 5.02 Å². The number of benzene rings is 1. The Morgan fingerprint density at radius 1 is 1.35 bits per heavy atom. The van der Waals surface area contributed by atoms with Crippen molar-refractivity contribution in [3.05, 3.63) is 46.5 Å². The molecule has 0 bridgehead atoms. The van der Waals surface area contributed by atoms with Gasteiger partial charge in [0.15, 0.2) is 0 Å². The van der Waals surface area contributed by atoms with Gasteiger partial charge in [-0.3, -0.25) is 4.79 Å². The molecule has 0 heterocycles. The van der Waals surface area contributed by atoms with Gasteiger partial charge in [0.1, 0.15) is 0 Å². The van der Waals surface area contributed by atoms with Gasteiger partial charge in [0, 0.05) is 16.6 Å². The lowest BCUT2D eigenvalue weighted by molar-refractivity contribution is 0.0942. The third-order valence-corrected chi connectivity index (χ3v) is 3.25. The minimum atomic E-state index is -0.0300. The zero-order valence-electron chi connectivity index (χ0n) is 9.87. The Morgan fingerprint density at radius 2 is 2.06 bits per heavy atom. The van der Waals surface area contributed by atoms with Gasteiger partial charge in [-0.2, -0.15) is 0 Å². The predicted molar refractivity (Wildman–Crippen MR) is 70.3 cm³/mol. The maximum absolute atomic E-state index is 11.9. The molecule has 3 heteroatoms. The molecule has 0 radical (unpaired) electrons. The van der Waals surface area contributed by atoms with Gasteiger partial charge in [0.25, 0.3) is 5.91 Å². The summed E-state index contributed by atoms with van der Waals surface area (Å²) in [7, 11) is 0. The summed E-state index contributed by atoms with van der Waals surface area (Å²) in [5.41, 5.74) is 2.02. The fraction of sp³-hybridized carbons (Fsp3) is 0.357. The molecule has 1 N–H and O–H groups in total. The van der Waals surface area contributed by atoms with Crippen LogP contribution in [0.5, 0.6) is 0 Å². The molecule has 1 aliphatic carbocycles. The molecular formula is C14H16ClNO. The van der Waals surface area contributed by atoms with E-state index in [0.717, 1.165) is 19.3 Å². The summed E-state index contributed by atoms with van der Waals surface area (Å²) in [6, 6.07) is 7.14. The number of carbonyl (C=O) groups is 1. The Hall–Kier alpha value is -1.28. The number of rotatable bonds is 2. The third-order valence-electron chi connectivity index (χ3n) is 2.99. The van der Waals surface area contributed by atoms with Gasteiger partial charge >= 0.3 is 0 Å². The third kappa shape index (κ3) is 3.34. The SMILES string of the molecule is CC1=CC(NC(=O)c2ccc(Cl)cc2)CCC1. The molecule has 17 heavy (non-hydrogen) atoms. The number of allylic oxidation sites excluding steroid dienone is 1. The molecule has 1 aromatic carbocycles. The van der Waals surface area contributed by atoms with Gasteiger partial charge in [-0.1, -0.05) is 23.3 Å². The first-order valence-corrected chi connectivity index (χ1v) is 6.26. The van der Waals surface area contributed by atoms with Crippen molar-refractivity contribution in [3.63, 3.8) is 0 Å². The van der Waals surface area contributed by atoms with Crippen LogP contribution < -0.4 is 5.32 Å². The Bertz CT molecular complexity index is 436. The van der Waals surface area contributed by atoms with Gasteiger partial charge < -0.3 is 5.32 Å². The van der Waals surface area contributed by atoms with E-state index in [0.29, 0.717) is 10.6 Å². The van der Waals surface area contributed by atoms with E-state index in [1.54, 1.807) is 24.3 Å². The second-order valence-corrected chi connectivity index (χ2v) is 4.93. The number of hydrogen-bond acceptors (Lipinski definition) is 1. The highest BCUT2D eigenvalue weighted by Crippen LogP contribution is 2.17. The van der Waals surface area contributed by atoms with Crippen LogP contribution in [0.25, 0.3) is 0 Å². The fourth-order valence-electron chi connectivity index (χ4n) is 2.08. The van der Waals surface area contributed by atoms with E-state index in [1.807, 2.05) is 0 Å². The van der Waals surface area contributed by atoms with Crippen LogP contribution in [0.1, 0.15) is 36.5 Å². The summed E-state index contributed by atoms with van der Waals surface area (Å²) in [5, 5.41) is 3.67. The summed E-state index contributed by atoms with van der Waals surface area (Å²) in [6.45, 7) is 2.11. The molecule has 0 aromatic heterocycles. The second kappa shape index (κ2) is 5.37. The molecule has 0 aliphatic heterocycles. The molecule has 1 aromatic rings. The summed E-state index contributed by atoms with van der Waals surface area (Å²) in [6.07, 6.45) is 5.47. The largest absolute Gasteiger partial charge is 0.346 e. The number of amides is 1. The predicted octanol–water partition coefficient (Wildman–Crippen LogP) is 3.57. The standard InChI is InChI=1S/C14H16ClNO/c1-10-3-2-4-13(9-10)16-14(17)11-5-7-12(15)8-6-11/h5-9,13H,2-4H2,1H3,(H,16,17). The minimum Gasteiger partial charge on any atom is -0.346 e. The lowest BCUT2D eigenvalue weighted by Crippen LogP contribution is -2.34. The number of hydrogen-bond donors (Lipinski definition) is 1. The van der Waals surface area contributed by atoms with Crippen LogP contribution in [0.3, 0.4) is 0 Å². The van der Waals surface area contributed by atoms with Gasteiger partial charge in [0.2, 0.25) is 0 Å². The van der Waals surface area contributed by atoms with E-state index in [4.69, 9.17) is 11.6 Å². The van der Waals surface area contributed by atoms with E-state index < -0.39 is 0 Å². The van der Waals surface area contributed by atoms with Crippen LogP contribution in [0.15, 0.2) is 35.9 Å². The molecule has 0 saturated heterocycles. The van der Waals surface area contributed by atoms with Crippen molar-refractivity contribution < 1.29 is 4.79 Å². The maximum Gasteiger partial charge on any atom is 0.251 e. The first kappa shape index (κ1) is 12.2. The Balaban J connectivity index is 2.01. The van der Waals surface area contributed by atoms with Gasteiger partial charge in [0.05, 0.1) is 0 Å². The van der Waals surface area contributed by atoms with Crippen molar-refractivity contribution in [1.29, 1.82) is 0 Å². The van der Waals surface area contributed by atoms with Crippen molar-refractivity contribution in [1.82, 2.24) is 5.32 Å². The van der Waals surface area contributed by atoms with E-state index in [-0.39, 0.29) is 11.9 Å². The molecule has 2 nitrogen and oxygen atoms in total. The van der Waals surface area contributed by atoms with Crippen LogP contribution in [0.4, 0.5) is 0 Å². The lowest BCUT2D eigenvalue weighted by atomic mass is 9.96. The molecule has 2 rings (SSSR count). The second-order valence-electron chi connectivity index (χ2n) is 4.49. The molecule has 0 spiro atoms. The highest BCUT2D eigenvalue weighted by molar-refractivity contribution is 6.30. The Morgan fingerprint density at radius 3 is 2.71 bits per heavy atom. The summed E-state index contributed by atoms with van der Waals surface area (Å²) in [4.78, 5) is 11.9. The molecule has 0 fully saturated rings. The van der Waals surface area contributed by atoms with Crippen LogP contribution in [-0.2, 0) is 0 Å². The van der Waals surface area contributed by atoms with E-state index in [9.17, 15) is 4.79 Å². The smallest absolute Gasteiger partial charge is 0.251 e. The molecule has 0 saturated carbocycles. The number of carbonyl (C=O) groups excluding carboxylic acids is 1. The summed E-state index contributed by atoms with van der Waals surface area (Å²) in [5.74, 6) is -0.0300. The summed E-state index contributed by atoms with van der Waals surface area (Å²) >= 11 is 5.79. The molecule has 1 unspecified atom stereocenters. The van der Waals surface area contributed by atoms with Gasteiger partial charge in [-0.05, 0) is 50.5 Å². The van der Waals surface area contributed by atoms with Crippen molar-refractivity contribution in [2.24, 2.45) is 0 Å². The Labute approximate surface area is 107 Å². The highest BCUT2D eigenvalue weighted by atomic mass is 35.5. The van der Waals surface area contributed by atoms with Crippen molar-refractivity contribution in [2.75, 3.05) is 0 Å². The molecule has 1 aliphatic rings. The van der Waals surface area contributed by atoms with Crippen LogP contribution in [-0.4, -0.2) is 11.9 Å². The number of nitrogens with one attached hydrogen (secondary N) is 1. The van der Waals surface area contributed by atoms with Crippen molar-refractivity contribution in [3.8, 4) is 0 Å². The zero-order valence-corrected chi connectivity index (χ0v) is 10.6. The lowest BCUT2D eigenvalue weighted by Gasteiger charge is -2.20. The molecule has 90 valence electrons. The van der Waals surface area contributed by atoms with E-state index in [1.165, 1.54) is 5.57 Å². The van der Waals surface area contributed by atoms with Gasteiger partial charge in [-0.15, -0.1) is 0 Å². The zero-order chi connectivity index (χ0) is 12.3. The maximum atomic E-state index is 11.9. The molecule has 1 atom stereocenters. The topological polar surface area (TPSA) is 29.1 Å². The Kier molecular flexibility index (Phi) is 3.85. The van der Waals surface area contributed by atoms with Gasteiger partial charge in [-0.25, -0.2) is 0 Å². The quantitative estimate of drug-likeness (QED) is 0.798. The minimum absolute atomic E-state index is 0.0300.